The summed E-state index contributed by atoms with van der Waals surface area (Å²) in [6.07, 6.45) is 35.5. The van der Waals surface area contributed by atoms with Crippen LogP contribution in [0.15, 0.2) is 113 Å². The third kappa shape index (κ3) is 6.27. The lowest BCUT2D eigenvalue weighted by molar-refractivity contribution is -0.266. The molecule has 0 spiro atoms. The summed E-state index contributed by atoms with van der Waals surface area (Å²) in [5, 5.41) is 3.94. The lowest BCUT2D eigenvalue weighted by Gasteiger charge is -2.68. The predicted octanol–water partition coefficient (Wildman–Crippen LogP) is 12.6. The summed E-state index contributed by atoms with van der Waals surface area (Å²) in [5.41, 5.74) is 9.26. The Morgan fingerprint density at radius 1 is 0.830 bits per heavy atom. The second kappa shape index (κ2) is 14.7. The van der Waals surface area contributed by atoms with Gasteiger partial charge in [0, 0.05) is 11.6 Å². The molecule has 1 saturated carbocycles. The molecule has 1 N–H and O–H groups in total. The van der Waals surface area contributed by atoms with E-state index in [2.05, 4.69) is 123 Å². The maximum Gasteiger partial charge on any atom is 0.145 e. The standard InChI is InChI=1S/C50H62N2O/c1-34-18-17-31-49(3)47(34)50(41-26-11-6-12-27-41,43-29-13-14-30-44(43)53-49)42-28-16-24-39(33-42)38-23-15-25-40(32-38)46-35(2)45(36-19-7-4-8-20-36)51-48(52-46)37-21-9-5-10-22-37/h5,9-10,13-17,19,21-23,25,28,31-32,34,39,41-44,47-48,52H,4,6-8,11-12,18,20,24,26-27,29-30,33H2,1-3H3. The van der Waals surface area contributed by atoms with Crippen LogP contribution in [0.1, 0.15) is 139 Å². The molecule has 7 aliphatic rings. The fraction of sp³-hybridized carbons (Fsp3) is 0.540. The molecule has 0 amide bonds. The fourth-order valence-corrected chi connectivity index (χ4v) is 13.0. The normalized spacial score (nSPS) is 37.3. The van der Waals surface area contributed by atoms with Crippen LogP contribution in [0, 0.1) is 35.0 Å². The van der Waals surface area contributed by atoms with E-state index >= 15 is 0 Å². The molecule has 2 aliphatic heterocycles. The highest BCUT2D eigenvalue weighted by Gasteiger charge is 2.66. The van der Waals surface area contributed by atoms with E-state index in [4.69, 9.17) is 9.73 Å². The number of aliphatic imine (C=N–C) groups is 1. The molecule has 2 fully saturated rings. The average molecular weight is 707 g/mol. The molecule has 3 heteroatoms. The topological polar surface area (TPSA) is 33.6 Å². The third-order valence-electron chi connectivity index (χ3n) is 15.0. The van der Waals surface area contributed by atoms with Crippen LogP contribution in [0.25, 0.3) is 5.70 Å². The van der Waals surface area contributed by atoms with Gasteiger partial charge in [0.2, 0.25) is 0 Å². The van der Waals surface area contributed by atoms with Gasteiger partial charge in [0.05, 0.1) is 17.4 Å². The van der Waals surface area contributed by atoms with Gasteiger partial charge in [-0.05, 0) is 153 Å². The SMILES string of the molecule is CC1=C(c2cccc(C3CC=CC(C4(C5CCCCC5)C5CC=CCC5OC5(C)C=CCC(C)C54)C3)c2)NC(c2ccccc2)N=C1C1=CCCCC1. The zero-order valence-electron chi connectivity index (χ0n) is 32.6. The minimum Gasteiger partial charge on any atom is -0.367 e. The van der Waals surface area contributed by atoms with Crippen LogP contribution in [0.2, 0.25) is 0 Å². The highest BCUT2D eigenvalue weighted by molar-refractivity contribution is 6.16. The van der Waals surface area contributed by atoms with E-state index in [-0.39, 0.29) is 17.2 Å². The van der Waals surface area contributed by atoms with Gasteiger partial charge < -0.3 is 10.1 Å². The molecule has 278 valence electrons. The van der Waals surface area contributed by atoms with E-state index in [1.54, 1.807) is 0 Å². The van der Waals surface area contributed by atoms with Crippen molar-refractivity contribution in [3.05, 3.63) is 125 Å². The van der Waals surface area contributed by atoms with Gasteiger partial charge in [0.25, 0.3) is 0 Å². The lowest BCUT2D eigenvalue weighted by atomic mass is 9.41. The summed E-state index contributed by atoms with van der Waals surface area (Å²) in [6.45, 7) is 7.34. The maximum absolute atomic E-state index is 7.30. The van der Waals surface area contributed by atoms with Crippen molar-refractivity contribution in [2.24, 2.45) is 40.0 Å². The van der Waals surface area contributed by atoms with E-state index in [1.807, 2.05) is 0 Å². The van der Waals surface area contributed by atoms with Gasteiger partial charge in [0.1, 0.15) is 6.17 Å². The average Bonchev–Trinajstić information content (AvgIpc) is 3.21. The Hall–Kier alpha value is -3.43. The molecular formula is C50H62N2O. The van der Waals surface area contributed by atoms with E-state index in [0.29, 0.717) is 35.7 Å². The Kier molecular flexibility index (Phi) is 9.76. The minimum atomic E-state index is -0.193. The first-order valence-corrected chi connectivity index (χ1v) is 21.5. The van der Waals surface area contributed by atoms with Crippen LogP contribution in [-0.2, 0) is 4.74 Å². The van der Waals surface area contributed by atoms with Crippen LogP contribution < -0.4 is 5.32 Å². The highest BCUT2D eigenvalue weighted by atomic mass is 16.5. The number of rotatable bonds is 6. The Morgan fingerprint density at radius 2 is 1.66 bits per heavy atom. The molecule has 2 aromatic carbocycles. The van der Waals surface area contributed by atoms with Crippen molar-refractivity contribution in [1.29, 1.82) is 0 Å². The van der Waals surface area contributed by atoms with E-state index in [1.165, 1.54) is 103 Å². The second-order valence-corrected chi connectivity index (χ2v) is 18.1. The summed E-state index contributed by atoms with van der Waals surface area (Å²) in [4.78, 5) is 5.39. The quantitative estimate of drug-likeness (QED) is 0.303. The van der Waals surface area contributed by atoms with Gasteiger partial charge in [-0.15, -0.1) is 0 Å². The monoisotopic (exact) mass is 706 g/mol. The van der Waals surface area contributed by atoms with Gasteiger partial charge in [-0.3, -0.25) is 4.99 Å². The maximum atomic E-state index is 7.30. The number of ether oxygens (including phenoxy) is 1. The first kappa shape index (κ1) is 35.3. The first-order chi connectivity index (χ1) is 26.0. The van der Waals surface area contributed by atoms with Gasteiger partial charge in [-0.2, -0.15) is 0 Å². The predicted molar refractivity (Wildman–Crippen MR) is 221 cm³/mol. The van der Waals surface area contributed by atoms with Gasteiger partial charge in [-0.1, -0.05) is 117 Å². The molecule has 53 heavy (non-hydrogen) atoms. The molecular weight excluding hydrogens is 645 g/mol. The largest absolute Gasteiger partial charge is 0.367 e. The Balaban J connectivity index is 1.09. The third-order valence-corrected chi connectivity index (χ3v) is 15.0. The summed E-state index contributed by atoms with van der Waals surface area (Å²) >= 11 is 0. The number of allylic oxidation sites excluding steroid dienone is 7. The molecule has 1 saturated heterocycles. The van der Waals surface area contributed by atoms with Crippen molar-refractivity contribution >= 4 is 11.4 Å². The van der Waals surface area contributed by atoms with Gasteiger partial charge in [0.15, 0.2) is 0 Å². The molecule has 0 radical (unpaired) electrons. The number of nitrogens with one attached hydrogen (secondary N) is 1. The first-order valence-electron chi connectivity index (χ1n) is 21.5. The number of fused-ring (bicyclic) bond motifs is 2. The molecule has 2 heterocycles. The zero-order valence-corrected chi connectivity index (χ0v) is 32.6. The van der Waals surface area contributed by atoms with Gasteiger partial charge in [-0.25, -0.2) is 0 Å². The highest BCUT2D eigenvalue weighted by Crippen LogP contribution is 2.68. The summed E-state index contributed by atoms with van der Waals surface area (Å²) in [6, 6.07) is 20.5. The molecule has 5 aliphatic carbocycles. The van der Waals surface area contributed by atoms with Crippen LogP contribution in [0.5, 0.6) is 0 Å². The van der Waals surface area contributed by atoms with Crippen molar-refractivity contribution in [2.75, 3.05) is 0 Å². The molecule has 2 aromatic rings. The van der Waals surface area contributed by atoms with Crippen molar-refractivity contribution in [3.63, 3.8) is 0 Å². The van der Waals surface area contributed by atoms with E-state index < -0.39 is 0 Å². The summed E-state index contributed by atoms with van der Waals surface area (Å²) in [7, 11) is 0. The molecule has 3 nitrogen and oxygen atoms in total. The van der Waals surface area contributed by atoms with Crippen molar-refractivity contribution in [3.8, 4) is 0 Å². The Morgan fingerprint density at radius 3 is 2.49 bits per heavy atom. The molecule has 9 unspecified atom stereocenters. The number of hydrogen-bond donors (Lipinski definition) is 1. The minimum absolute atomic E-state index is 0.0828. The lowest BCUT2D eigenvalue weighted by Crippen LogP contribution is -2.67. The van der Waals surface area contributed by atoms with Crippen LogP contribution in [0.3, 0.4) is 0 Å². The fourth-order valence-electron chi connectivity index (χ4n) is 13.0. The van der Waals surface area contributed by atoms with Crippen molar-refractivity contribution in [1.82, 2.24) is 5.32 Å². The second-order valence-electron chi connectivity index (χ2n) is 18.1. The molecule has 9 atom stereocenters. The van der Waals surface area contributed by atoms with E-state index in [9.17, 15) is 0 Å². The molecule has 9 rings (SSSR count). The Bertz CT molecular complexity index is 1840. The molecule has 0 aromatic heterocycles. The number of nitrogens with zero attached hydrogens (tertiary/aromatic N) is 1. The van der Waals surface area contributed by atoms with Crippen LogP contribution in [0.4, 0.5) is 0 Å². The summed E-state index contributed by atoms with van der Waals surface area (Å²) < 4.78 is 7.30. The van der Waals surface area contributed by atoms with Crippen LogP contribution in [-0.4, -0.2) is 17.4 Å². The number of hydrogen-bond acceptors (Lipinski definition) is 3. The van der Waals surface area contributed by atoms with Gasteiger partial charge >= 0.3 is 0 Å². The Labute approximate surface area is 319 Å². The number of benzene rings is 2. The van der Waals surface area contributed by atoms with Crippen molar-refractivity contribution < 1.29 is 4.74 Å². The smallest absolute Gasteiger partial charge is 0.145 e. The van der Waals surface area contributed by atoms with Crippen molar-refractivity contribution in [2.45, 2.75) is 134 Å². The summed E-state index contributed by atoms with van der Waals surface area (Å²) in [5.74, 6) is 3.58. The molecule has 0 bridgehead atoms. The zero-order chi connectivity index (χ0) is 36.0. The van der Waals surface area contributed by atoms with Crippen LogP contribution >= 0.6 is 0 Å². The van der Waals surface area contributed by atoms with E-state index in [0.717, 1.165) is 31.6 Å².